The smallest absolute Gasteiger partial charge is 0.191 e. The Morgan fingerprint density at radius 2 is 2.23 bits per heavy atom. The molecule has 0 spiro atoms. The highest BCUT2D eigenvalue weighted by Gasteiger charge is 2.08. The van der Waals surface area contributed by atoms with E-state index in [9.17, 15) is 0 Å². The minimum Gasteiger partial charge on any atom is -0.308 e. The van der Waals surface area contributed by atoms with Crippen molar-refractivity contribution in [1.29, 1.82) is 0 Å². The van der Waals surface area contributed by atoms with Crippen LogP contribution in [0.1, 0.15) is 28.9 Å². The van der Waals surface area contributed by atoms with Crippen molar-refractivity contribution in [3.8, 4) is 0 Å². The third-order valence-corrected chi connectivity index (χ3v) is 6.08. The Kier molecular flexibility index (Phi) is 5.64. The topological polar surface area (TPSA) is 43.6 Å². The van der Waals surface area contributed by atoms with E-state index >= 15 is 0 Å². The lowest BCUT2D eigenvalue weighted by Crippen LogP contribution is -2.01. The maximum Gasteiger partial charge on any atom is 0.191 e. The summed E-state index contributed by atoms with van der Waals surface area (Å²) in [5, 5.41) is 14.8. The molecular weight excluding hydrogens is 332 g/mol. The number of thiophene rings is 1. The maximum atomic E-state index is 4.66. The van der Waals surface area contributed by atoms with Crippen LogP contribution in [-0.2, 0) is 25.1 Å². The summed E-state index contributed by atoms with van der Waals surface area (Å²) in [5.74, 6) is 0.859. The Hall–Kier alpha value is -1.18. The van der Waals surface area contributed by atoms with Crippen LogP contribution in [0.4, 0.5) is 0 Å². The highest BCUT2D eigenvalue weighted by atomic mass is 32.2. The second kappa shape index (κ2) is 7.89. The van der Waals surface area contributed by atoms with Crippen molar-refractivity contribution in [1.82, 2.24) is 19.7 Å². The van der Waals surface area contributed by atoms with E-state index in [0.29, 0.717) is 0 Å². The Morgan fingerprint density at radius 1 is 1.27 bits per heavy atom. The summed E-state index contributed by atoms with van der Waals surface area (Å²) in [7, 11) is 0. The molecular formula is C15H18N4S3. The summed E-state index contributed by atoms with van der Waals surface area (Å²) >= 11 is 5.27. The minimum absolute atomic E-state index is 0.859. The Labute approximate surface area is 142 Å². The molecule has 0 aliphatic carbocycles. The molecule has 0 saturated carbocycles. The Morgan fingerprint density at radius 3 is 3.05 bits per heavy atom. The molecule has 0 unspecified atom stereocenters. The number of thioether (sulfide) groups is 1. The van der Waals surface area contributed by atoms with Crippen LogP contribution in [0, 0.1) is 0 Å². The van der Waals surface area contributed by atoms with E-state index in [4.69, 9.17) is 0 Å². The zero-order valence-electron chi connectivity index (χ0n) is 12.4. The van der Waals surface area contributed by atoms with Crippen molar-refractivity contribution in [3.05, 3.63) is 44.8 Å². The highest BCUT2D eigenvalue weighted by Crippen LogP contribution is 2.23. The van der Waals surface area contributed by atoms with Gasteiger partial charge in [-0.2, -0.15) is 0 Å². The molecule has 0 atom stereocenters. The van der Waals surface area contributed by atoms with Crippen LogP contribution < -0.4 is 0 Å². The lowest BCUT2D eigenvalue weighted by Gasteiger charge is -2.04. The fraction of sp³-hybridized carbons (Fsp3) is 0.400. The molecule has 22 heavy (non-hydrogen) atoms. The molecule has 0 radical (unpaired) electrons. The van der Waals surface area contributed by atoms with Crippen LogP contribution in [0.25, 0.3) is 0 Å². The maximum absolute atomic E-state index is 4.66. The van der Waals surface area contributed by atoms with E-state index in [1.54, 1.807) is 34.4 Å². The summed E-state index contributed by atoms with van der Waals surface area (Å²) in [4.78, 5) is 6.05. The van der Waals surface area contributed by atoms with Crippen LogP contribution in [0.15, 0.2) is 34.4 Å². The monoisotopic (exact) mass is 350 g/mol. The van der Waals surface area contributed by atoms with Gasteiger partial charge in [-0.3, -0.25) is 0 Å². The van der Waals surface area contributed by atoms with Crippen molar-refractivity contribution in [2.75, 3.05) is 0 Å². The van der Waals surface area contributed by atoms with Crippen LogP contribution in [0.2, 0.25) is 0 Å². The van der Waals surface area contributed by atoms with Gasteiger partial charge < -0.3 is 4.57 Å². The van der Waals surface area contributed by atoms with E-state index in [2.05, 4.69) is 49.6 Å². The van der Waals surface area contributed by atoms with Crippen molar-refractivity contribution in [2.24, 2.45) is 0 Å². The van der Waals surface area contributed by atoms with E-state index < -0.39 is 0 Å². The first-order valence-corrected chi connectivity index (χ1v) is 10.1. The molecule has 3 rings (SSSR count). The molecule has 0 N–H and O–H groups in total. The average molecular weight is 351 g/mol. The summed E-state index contributed by atoms with van der Waals surface area (Å²) in [6, 6.07) is 4.27. The molecule has 0 aromatic carbocycles. The second-order valence-corrected chi connectivity index (χ2v) is 7.82. The predicted octanol–water partition coefficient (Wildman–Crippen LogP) is 4.28. The summed E-state index contributed by atoms with van der Waals surface area (Å²) in [6.07, 6.45) is 5.07. The van der Waals surface area contributed by atoms with Gasteiger partial charge in [0.2, 0.25) is 0 Å². The SMILES string of the molecule is CCCc1nc(CSc2nncn2CCc2cccs2)cs1. The van der Waals surface area contributed by atoms with Crippen LogP contribution >= 0.6 is 34.4 Å². The standard InChI is InChI=1S/C15H18N4S3/c1-2-4-14-17-12(9-21-14)10-22-15-18-16-11-19(15)7-6-13-5-3-8-20-13/h3,5,8-9,11H,2,4,6-7,10H2,1H3. The molecule has 0 fully saturated rings. The number of hydrogen-bond donors (Lipinski definition) is 0. The van der Waals surface area contributed by atoms with Gasteiger partial charge >= 0.3 is 0 Å². The van der Waals surface area contributed by atoms with Crippen molar-refractivity contribution in [2.45, 2.75) is 43.6 Å². The van der Waals surface area contributed by atoms with Gasteiger partial charge in [-0.15, -0.1) is 32.9 Å². The zero-order valence-corrected chi connectivity index (χ0v) is 14.9. The van der Waals surface area contributed by atoms with Crippen molar-refractivity contribution >= 4 is 34.4 Å². The van der Waals surface area contributed by atoms with Crippen molar-refractivity contribution < 1.29 is 0 Å². The van der Waals surface area contributed by atoms with E-state index in [0.717, 1.165) is 42.4 Å². The largest absolute Gasteiger partial charge is 0.308 e. The van der Waals surface area contributed by atoms with Crippen LogP contribution in [0.5, 0.6) is 0 Å². The third kappa shape index (κ3) is 4.18. The third-order valence-electron chi connectivity index (χ3n) is 3.17. The first-order valence-electron chi connectivity index (χ1n) is 7.31. The highest BCUT2D eigenvalue weighted by molar-refractivity contribution is 7.98. The normalized spacial score (nSPS) is 11.1. The molecule has 116 valence electrons. The number of nitrogens with zero attached hydrogens (tertiary/aromatic N) is 4. The lowest BCUT2D eigenvalue weighted by molar-refractivity contribution is 0.637. The van der Waals surface area contributed by atoms with E-state index in [1.165, 1.54) is 9.88 Å². The van der Waals surface area contributed by atoms with Crippen molar-refractivity contribution in [3.63, 3.8) is 0 Å². The molecule has 0 aliphatic heterocycles. The van der Waals surface area contributed by atoms with Gasteiger partial charge in [0.25, 0.3) is 0 Å². The molecule has 0 saturated heterocycles. The van der Waals surface area contributed by atoms with Gasteiger partial charge in [-0.1, -0.05) is 24.8 Å². The van der Waals surface area contributed by atoms with Gasteiger partial charge in [0.05, 0.1) is 10.7 Å². The Balaban J connectivity index is 1.55. The zero-order chi connectivity index (χ0) is 15.2. The molecule has 7 heteroatoms. The molecule has 0 bridgehead atoms. The Bertz CT molecular complexity index is 687. The molecule has 0 amide bonds. The molecule has 0 aliphatic rings. The quantitative estimate of drug-likeness (QED) is 0.569. The number of aromatic nitrogens is 4. The molecule has 4 nitrogen and oxygen atoms in total. The second-order valence-electron chi connectivity index (χ2n) is 4.91. The number of thiazole rings is 1. The summed E-state index contributed by atoms with van der Waals surface area (Å²) < 4.78 is 2.13. The average Bonchev–Trinajstić information content (AvgIpc) is 3.25. The van der Waals surface area contributed by atoms with Crippen LogP contribution in [0.3, 0.4) is 0 Å². The fourth-order valence-electron chi connectivity index (χ4n) is 2.08. The summed E-state index contributed by atoms with van der Waals surface area (Å²) in [5.41, 5.74) is 1.14. The predicted molar refractivity (Wildman–Crippen MR) is 93.7 cm³/mol. The van der Waals surface area contributed by atoms with Crippen LogP contribution in [-0.4, -0.2) is 19.7 Å². The first-order chi connectivity index (χ1) is 10.8. The summed E-state index contributed by atoms with van der Waals surface area (Å²) in [6.45, 7) is 3.11. The van der Waals surface area contributed by atoms with Gasteiger partial charge in [0.15, 0.2) is 5.16 Å². The molecule has 3 aromatic heterocycles. The lowest BCUT2D eigenvalue weighted by atomic mass is 10.3. The number of hydrogen-bond acceptors (Lipinski definition) is 6. The molecule has 3 heterocycles. The molecule has 3 aromatic rings. The van der Waals surface area contributed by atoms with Gasteiger partial charge in [0.1, 0.15) is 6.33 Å². The number of rotatable bonds is 8. The van der Waals surface area contributed by atoms with Gasteiger partial charge in [-0.05, 0) is 30.7 Å². The van der Waals surface area contributed by atoms with Gasteiger partial charge in [0, 0.05) is 22.6 Å². The van der Waals surface area contributed by atoms with E-state index in [-0.39, 0.29) is 0 Å². The first kappa shape index (κ1) is 15.7. The van der Waals surface area contributed by atoms with E-state index in [1.807, 2.05) is 6.33 Å². The van der Waals surface area contributed by atoms with Gasteiger partial charge in [-0.25, -0.2) is 4.98 Å². The minimum atomic E-state index is 0.859. The number of aryl methyl sites for hydroxylation is 3. The fourth-order valence-corrected chi connectivity index (χ4v) is 4.62.